The third-order valence-corrected chi connectivity index (χ3v) is 4.37. The lowest BCUT2D eigenvalue weighted by molar-refractivity contribution is -0.115. The summed E-state index contributed by atoms with van der Waals surface area (Å²) in [6.45, 7) is 1.88. The molecule has 9 heteroatoms. The third kappa shape index (κ3) is 4.19. The number of H-pyrrole nitrogens is 1. The van der Waals surface area contributed by atoms with E-state index in [1.165, 1.54) is 29.1 Å². The summed E-state index contributed by atoms with van der Waals surface area (Å²) in [6, 6.07) is 12.2. The number of benzene rings is 1. The van der Waals surface area contributed by atoms with Crippen molar-refractivity contribution in [3.8, 4) is 17.4 Å². The standard InChI is InChI=1S/C21H18FN5O3/c1-2-15-11-20(29)25-21(23-15)27-18(12-16(26-27)17-4-3-9-30-17)24-19(28)10-13-5-7-14(22)8-6-13/h3-9,11-12H,2,10H2,1H3,(H,24,28)(H,23,25,29). The SMILES string of the molecule is CCc1cc(=O)[nH]c(-n2nc(-c3ccco3)cc2NC(=O)Cc2ccc(F)cc2)n1. The minimum Gasteiger partial charge on any atom is -0.463 e. The molecule has 0 radical (unpaired) electrons. The maximum atomic E-state index is 13.1. The highest BCUT2D eigenvalue weighted by atomic mass is 19.1. The van der Waals surface area contributed by atoms with E-state index in [0.29, 0.717) is 35.0 Å². The average molecular weight is 407 g/mol. The largest absolute Gasteiger partial charge is 0.463 e. The Hall–Kier alpha value is -4.01. The number of nitrogens with one attached hydrogen (secondary N) is 2. The highest BCUT2D eigenvalue weighted by Crippen LogP contribution is 2.24. The number of aromatic nitrogens is 4. The van der Waals surface area contributed by atoms with Crippen LogP contribution >= 0.6 is 0 Å². The fourth-order valence-corrected chi connectivity index (χ4v) is 2.93. The lowest BCUT2D eigenvalue weighted by Gasteiger charge is -2.09. The summed E-state index contributed by atoms with van der Waals surface area (Å²) < 4.78 is 19.8. The molecule has 4 aromatic rings. The molecule has 0 aliphatic rings. The van der Waals surface area contributed by atoms with Gasteiger partial charge in [0.2, 0.25) is 11.9 Å². The maximum Gasteiger partial charge on any atom is 0.252 e. The van der Waals surface area contributed by atoms with Gasteiger partial charge in [0.25, 0.3) is 5.56 Å². The second kappa shape index (κ2) is 8.16. The van der Waals surface area contributed by atoms with Gasteiger partial charge in [0.1, 0.15) is 17.3 Å². The first kappa shape index (κ1) is 19.3. The number of halogens is 1. The van der Waals surface area contributed by atoms with E-state index >= 15 is 0 Å². The summed E-state index contributed by atoms with van der Waals surface area (Å²) in [7, 11) is 0. The quantitative estimate of drug-likeness (QED) is 0.511. The number of furan rings is 1. The molecule has 0 aliphatic carbocycles. The molecular weight excluding hydrogens is 389 g/mol. The van der Waals surface area contributed by atoms with Crippen molar-refractivity contribution < 1.29 is 13.6 Å². The molecule has 0 fully saturated rings. The van der Waals surface area contributed by atoms with Crippen molar-refractivity contribution >= 4 is 11.7 Å². The second-order valence-electron chi connectivity index (χ2n) is 6.57. The molecule has 30 heavy (non-hydrogen) atoms. The fraction of sp³-hybridized carbons (Fsp3) is 0.143. The third-order valence-electron chi connectivity index (χ3n) is 4.37. The Bertz CT molecular complexity index is 1230. The zero-order chi connectivity index (χ0) is 21.1. The first-order chi connectivity index (χ1) is 14.5. The average Bonchev–Trinajstić information content (AvgIpc) is 3.39. The van der Waals surface area contributed by atoms with Crippen LogP contribution in [0.25, 0.3) is 17.4 Å². The van der Waals surface area contributed by atoms with Crippen molar-refractivity contribution in [1.82, 2.24) is 19.7 Å². The molecule has 0 spiro atoms. The monoisotopic (exact) mass is 407 g/mol. The van der Waals surface area contributed by atoms with Crippen LogP contribution in [0.4, 0.5) is 10.2 Å². The highest BCUT2D eigenvalue weighted by molar-refractivity contribution is 5.92. The van der Waals surface area contributed by atoms with Crippen LogP contribution in [-0.2, 0) is 17.6 Å². The van der Waals surface area contributed by atoms with Crippen LogP contribution in [0.5, 0.6) is 0 Å². The van der Waals surface area contributed by atoms with Crippen molar-refractivity contribution in [2.75, 3.05) is 5.32 Å². The zero-order valence-corrected chi connectivity index (χ0v) is 16.1. The Morgan fingerprint density at radius 3 is 2.73 bits per heavy atom. The first-order valence-corrected chi connectivity index (χ1v) is 9.30. The van der Waals surface area contributed by atoms with Gasteiger partial charge < -0.3 is 9.73 Å². The Balaban J connectivity index is 1.69. The molecule has 152 valence electrons. The van der Waals surface area contributed by atoms with Gasteiger partial charge in [-0.2, -0.15) is 9.78 Å². The van der Waals surface area contributed by atoms with Gasteiger partial charge in [0, 0.05) is 17.8 Å². The van der Waals surface area contributed by atoms with Crippen LogP contribution in [-0.4, -0.2) is 25.7 Å². The highest BCUT2D eigenvalue weighted by Gasteiger charge is 2.17. The van der Waals surface area contributed by atoms with Crippen molar-refractivity contribution in [2.45, 2.75) is 19.8 Å². The van der Waals surface area contributed by atoms with Crippen LogP contribution in [0.1, 0.15) is 18.2 Å². The number of hydrogen-bond donors (Lipinski definition) is 2. The van der Waals surface area contributed by atoms with E-state index in [4.69, 9.17) is 4.42 Å². The van der Waals surface area contributed by atoms with Crippen LogP contribution in [0, 0.1) is 5.82 Å². The molecule has 0 saturated carbocycles. The molecule has 3 aromatic heterocycles. The number of nitrogens with zero attached hydrogens (tertiary/aromatic N) is 3. The minimum atomic E-state index is -0.369. The van der Waals surface area contributed by atoms with Gasteiger partial charge in [-0.25, -0.2) is 9.37 Å². The predicted octanol–water partition coefficient (Wildman–Crippen LogP) is 3.10. The van der Waals surface area contributed by atoms with E-state index in [2.05, 4.69) is 20.4 Å². The number of anilines is 1. The Labute approximate surface area is 170 Å². The molecule has 1 aromatic carbocycles. The smallest absolute Gasteiger partial charge is 0.252 e. The molecule has 8 nitrogen and oxygen atoms in total. The lowest BCUT2D eigenvalue weighted by Crippen LogP contribution is -2.20. The van der Waals surface area contributed by atoms with Crippen LogP contribution in [0.3, 0.4) is 0 Å². The Morgan fingerprint density at radius 1 is 1.23 bits per heavy atom. The first-order valence-electron chi connectivity index (χ1n) is 9.30. The lowest BCUT2D eigenvalue weighted by atomic mass is 10.1. The van der Waals surface area contributed by atoms with Crippen LogP contribution in [0.15, 0.2) is 64.0 Å². The zero-order valence-electron chi connectivity index (χ0n) is 16.1. The Morgan fingerprint density at radius 2 is 2.03 bits per heavy atom. The number of hydrogen-bond acceptors (Lipinski definition) is 5. The number of aryl methyl sites for hydroxylation is 1. The predicted molar refractivity (Wildman–Crippen MR) is 108 cm³/mol. The minimum absolute atomic E-state index is 0.0422. The van der Waals surface area contributed by atoms with E-state index in [1.807, 2.05) is 6.92 Å². The normalized spacial score (nSPS) is 10.9. The summed E-state index contributed by atoms with van der Waals surface area (Å²) in [5, 5.41) is 7.21. The molecule has 4 rings (SSSR count). The van der Waals surface area contributed by atoms with Crippen LogP contribution < -0.4 is 10.9 Å². The van der Waals surface area contributed by atoms with Crippen molar-refractivity contribution in [3.63, 3.8) is 0 Å². The molecule has 0 atom stereocenters. The van der Waals surface area contributed by atoms with Crippen molar-refractivity contribution in [1.29, 1.82) is 0 Å². The summed E-state index contributed by atoms with van der Waals surface area (Å²) in [5.41, 5.74) is 1.38. The molecule has 0 aliphatic heterocycles. The Kier molecular flexibility index (Phi) is 5.25. The molecule has 0 saturated heterocycles. The van der Waals surface area contributed by atoms with E-state index in [0.717, 1.165) is 0 Å². The molecule has 2 N–H and O–H groups in total. The van der Waals surface area contributed by atoms with E-state index in [1.54, 1.807) is 30.3 Å². The summed E-state index contributed by atoms with van der Waals surface area (Å²) >= 11 is 0. The second-order valence-corrected chi connectivity index (χ2v) is 6.57. The van der Waals surface area contributed by atoms with Gasteiger partial charge in [-0.05, 0) is 36.2 Å². The van der Waals surface area contributed by atoms with Gasteiger partial charge in [-0.15, -0.1) is 0 Å². The molecule has 1 amide bonds. The number of aromatic amines is 1. The van der Waals surface area contributed by atoms with Crippen molar-refractivity contribution in [3.05, 3.63) is 82.2 Å². The fourth-order valence-electron chi connectivity index (χ4n) is 2.93. The topological polar surface area (TPSA) is 106 Å². The number of amides is 1. The number of rotatable bonds is 6. The van der Waals surface area contributed by atoms with Gasteiger partial charge in [-0.1, -0.05) is 19.1 Å². The van der Waals surface area contributed by atoms with E-state index < -0.39 is 0 Å². The number of carbonyl (C=O) groups is 1. The maximum absolute atomic E-state index is 13.1. The number of carbonyl (C=O) groups excluding carboxylic acids is 1. The van der Waals surface area contributed by atoms with Gasteiger partial charge in [0.15, 0.2) is 5.76 Å². The summed E-state index contributed by atoms with van der Waals surface area (Å²) in [5.74, 6) is 0.282. The summed E-state index contributed by atoms with van der Waals surface area (Å²) in [6.07, 6.45) is 2.12. The van der Waals surface area contributed by atoms with E-state index in [9.17, 15) is 14.0 Å². The molecule has 0 bridgehead atoms. The molecular formula is C21H18FN5O3. The summed E-state index contributed by atoms with van der Waals surface area (Å²) in [4.78, 5) is 31.6. The van der Waals surface area contributed by atoms with Gasteiger partial charge in [0.05, 0.1) is 12.7 Å². The van der Waals surface area contributed by atoms with E-state index in [-0.39, 0.29) is 29.7 Å². The van der Waals surface area contributed by atoms with Crippen molar-refractivity contribution in [2.24, 2.45) is 0 Å². The molecule has 0 unspecified atom stereocenters. The van der Waals surface area contributed by atoms with Gasteiger partial charge in [-0.3, -0.25) is 14.6 Å². The van der Waals surface area contributed by atoms with Gasteiger partial charge >= 0.3 is 0 Å². The molecule has 3 heterocycles. The van der Waals surface area contributed by atoms with Crippen LogP contribution in [0.2, 0.25) is 0 Å².